The lowest BCUT2D eigenvalue weighted by Crippen LogP contribution is -2.34. The third-order valence-electron chi connectivity index (χ3n) is 2.11. The summed E-state index contributed by atoms with van der Waals surface area (Å²) < 4.78 is 0.767. The Bertz CT molecular complexity index is 337. The maximum atomic E-state index is 11.4. The van der Waals surface area contributed by atoms with Crippen LogP contribution in [0.1, 0.15) is 18.2 Å². The molecule has 14 heavy (non-hydrogen) atoms. The number of nitrogens with zero attached hydrogens (tertiary/aromatic N) is 1. The van der Waals surface area contributed by atoms with E-state index in [-0.39, 0.29) is 18.7 Å². The quantitative estimate of drug-likeness (QED) is 0.414. The van der Waals surface area contributed by atoms with Crippen molar-refractivity contribution in [2.75, 3.05) is 6.61 Å². The van der Waals surface area contributed by atoms with Gasteiger partial charge >= 0.3 is 0 Å². The summed E-state index contributed by atoms with van der Waals surface area (Å²) >= 11 is 0. The second-order valence-corrected chi connectivity index (χ2v) is 3.10. The number of pyridine rings is 1. The van der Waals surface area contributed by atoms with Crippen LogP contribution in [-0.2, 0) is 12.8 Å². The zero-order chi connectivity index (χ0) is 10.6. The van der Waals surface area contributed by atoms with Crippen molar-refractivity contribution in [3.63, 3.8) is 0 Å². The Labute approximate surface area is 82.9 Å². The van der Waals surface area contributed by atoms with Gasteiger partial charge in [-0.15, -0.1) is 0 Å². The second-order valence-electron chi connectivity index (χ2n) is 3.10. The molecule has 1 heterocycles. The fraction of sp³-hybridized carbons (Fsp3) is 0.400. The fourth-order valence-electron chi connectivity index (χ4n) is 1.34. The highest BCUT2D eigenvalue weighted by atomic mass is 16.5. The average Bonchev–Trinajstić information content (AvgIpc) is 2.20. The minimum absolute atomic E-state index is 0.163. The molecule has 0 aliphatic rings. The molecule has 0 radical (unpaired) electrons. The van der Waals surface area contributed by atoms with Crippen LogP contribution < -0.4 is 4.73 Å². The van der Waals surface area contributed by atoms with Gasteiger partial charge in [-0.3, -0.25) is 0 Å². The Hall–Kier alpha value is -1.42. The van der Waals surface area contributed by atoms with Gasteiger partial charge in [-0.25, -0.2) is 0 Å². The molecule has 0 aliphatic carbocycles. The smallest absolute Gasteiger partial charge is 0.201 e. The first-order valence-corrected chi connectivity index (χ1v) is 4.56. The van der Waals surface area contributed by atoms with Crippen LogP contribution in [0.5, 0.6) is 0 Å². The van der Waals surface area contributed by atoms with Crippen LogP contribution in [0.2, 0.25) is 0 Å². The number of hydrogen-bond donors (Lipinski definition) is 2. The van der Waals surface area contributed by atoms with Gasteiger partial charge in [0.15, 0.2) is 6.20 Å². The summed E-state index contributed by atoms with van der Waals surface area (Å²) in [5.74, 6) is 0. The molecule has 0 fully saturated rings. The molecule has 1 aromatic heterocycles. The highest BCUT2D eigenvalue weighted by Gasteiger charge is 2.12. The van der Waals surface area contributed by atoms with Crippen molar-refractivity contribution in [3.05, 3.63) is 34.8 Å². The van der Waals surface area contributed by atoms with Crippen molar-refractivity contribution in [2.45, 2.75) is 19.8 Å². The lowest BCUT2D eigenvalue weighted by atomic mass is 10.1. The number of rotatable bonds is 4. The van der Waals surface area contributed by atoms with Crippen molar-refractivity contribution >= 4 is 5.71 Å². The summed E-state index contributed by atoms with van der Waals surface area (Å²) in [6.07, 6.45) is 2.40. The van der Waals surface area contributed by atoms with Gasteiger partial charge < -0.3 is 15.7 Å². The summed E-state index contributed by atoms with van der Waals surface area (Å²) in [7, 11) is 0. The van der Waals surface area contributed by atoms with Gasteiger partial charge in [0.05, 0.1) is 13.0 Å². The van der Waals surface area contributed by atoms with Crippen molar-refractivity contribution in [1.82, 2.24) is 0 Å². The number of aromatic nitrogens is 1. The maximum Gasteiger partial charge on any atom is 0.201 e. The Morgan fingerprint density at radius 3 is 2.93 bits per heavy atom. The van der Waals surface area contributed by atoms with Gasteiger partial charge in [0.2, 0.25) is 5.69 Å². The van der Waals surface area contributed by atoms with E-state index in [4.69, 9.17) is 10.5 Å². The number of aliphatic hydroxyl groups is 1. The molecule has 2 N–H and O–H groups in total. The van der Waals surface area contributed by atoms with Gasteiger partial charge in [0, 0.05) is 17.3 Å². The van der Waals surface area contributed by atoms with Crippen molar-refractivity contribution < 1.29 is 9.84 Å². The van der Waals surface area contributed by atoms with Gasteiger partial charge in [-0.05, 0) is 12.5 Å². The van der Waals surface area contributed by atoms with E-state index in [1.54, 1.807) is 6.07 Å². The van der Waals surface area contributed by atoms with E-state index in [0.717, 1.165) is 16.7 Å². The molecule has 0 bridgehead atoms. The third-order valence-corrected chi connectivity index (χ3v) is 2.11. The zero-order valence-electron chi connectivity index (χ0n) is 8.16. The molecule has 1 rings (SSSR count). The first-order valence-electron chi connectivity index (χ1n) is 4.56. The van der Waals surface area contributed by atoms with Gasteiger partial charge in [0.1, 0.15) is 0 Å². The normalized spacial score (nSPS) is 10.1. The molecular weight excluding hydrogens is 180 g/mol. The molecule has 0 unspecified atom stereocenters. The number of hydrogen-bond acceptors (Lipinski definition) is 3. The monoisotopic (exact) mass is 194 g/mol. The summed E-state index contributed by atoms with van der Waals surface area (Å²) in [4.78, 5) is 0. The van der Waals surface area contributed by atoms with Crippen molar-refractivity contribution in [1.29, 1.82) is 5.41 Å². The van der Waals surface area contributed by atoms with Crippen molar-refractivity contribution in [3.8, 4) is 0 Å². The summed E-state index contributed by atoms with van der Waals surface area (Å²) in [6.45, 7) is 1.67. The van der Waals surface area contributed by atoms with Crippen LogP contribution in [0.25, 0.3) is 0 Å². The van der Waals surface area contributed by atoms with Gasteiger partial charge in [-0.1, -0.05) is 6.92 Å². The molecule has 4 nitrogen and oxygen atoms in total. The summed E-state index contributed by atoms with van der Waals surface area (Å²) in [5, 5.41) is 27.4. The Kier molecular flexibility index (Phi) is 3.59. The molecule has 0 aromatic carbocycles. The second kappa shape index (κ2) is 4.72. The first-order chi connectivity index (χ1) is 6.69. The minimum Gasteiger partial charge on any atom is -0.618 e. The van der Waals surface area contributed by atoms with E-state index in [1.165, 1.54) is 6.20 Å². The van der Waals surface area contributed by atoms with Crippen LogP contribution in [0.4, 0.5) is 0 Å². The molecule has 0 atom stereocenters. The third kappa shape index (κ3) is 2.29. The molecule has 0 saturated heterocycles. The van der Waals surface area contributed by atoms with Crippen LogP contribution >= 0.6 is 0 Å². The first kappa shape index (κ1) is 10.7. The molecular formula is C10H14N2O2. The zero-order valence-corrected chi connectivity index (χ0v) is 8.16. The van der Waals surface area contributed by atoms with E-state index in [0.29, 0.717) is 5.69 Å². The SMILES string of the molecule is CCc1ccc[n+]([O-])c1CC(=N)CO. The maximum absolute atomic E-state index is 11.4. The van der Waals surface area contributed by atoms with E-state index in [1.807, 2.05) is 13.0 Å². The lowest BCUT2D eigenvalue weighted by molar-refractivity contribution is -0.613. The van der Waals surface area contributed by atoms with E-state index >= 15 is 0 Å². The van der Waals surface area contributed by atoms with Gasteiger partial charge in [0.25, 0.3) is 0 Å². The molecule has 76 valence electrons. The molecule has 0 amide bonds. The fourth-order valence-corrected chi connectivity index (χ4v) is 1.34. The topological polar surface area (TPSA) is 71.0 Å². The van der Waals surface area contributed by atoms with E-state index in [9.17, 15) is 5.21 Å². The number of nitrogens with one attached hydrogen (secondary N) is 1. The van der Waals surface area contributed by atoms with Crippen LogP contribution in [-0.4, -0.2) is 17.4 Å². The molecule has 4 heteroatoms. The molecule has 0 saturated carbocycles. The molecule has 0 spiro atoms. The summed E-state index contributed by atoms with van der Waals surface area (Å²) in [5.41, 5.74) is 1.66. The molecule has 1 aromatic rings. The Morgan fingerprint density at radius 1 is 1.64 bits per heavy atom. The lowest BCUT2D eigenvalue weighted by Gasteiger charge is -2.07. The standard InChI is InChI=1S/C10H14N2O2/c1-2-8-4-3-5-12(14)10(8)6-9(11)7-13/h3-5,11,13H,2,6-7H2,1H3. The van der Waals surface area contributed by atoms with Crippen molar-refractivity contribution in [2.24, 2.45) is 0 Å². The Balaban J connectivity index is 2.98. The van der Waals surface area contributed by atoms with E-state index in [2.05, 4.69) is 0 Å². The minimum atomic E-state index is -0.294. The van der Waals surface area contributed by atoms with E-state index < -0.39 is 0 Å². The highest BCUT2D eigenvalue weighted by Crippen LogP contribution is 2.05. The number of aliphatic hydroxyl groups excluding tert-OH is 1. The van der Waals surface area contributed by atoms with Gasteiger partial charge in [-0.2, -0.15) is 4.73 Å². The van der Waals surface area contributed by atoms with Crippen LogP contribution in [0, 0.1) is 10.6 Å². The highest BCUT2D eigenvalue weighted by molar-refractivity contribution is 5.84. The predicted octanol–water partition coefficient (Wildman–Crippen LogP) is 0.437. The predicted molar refractivity (Wildman–Crippen MR) is 53.3 cm³/mol. The van der Waals surface area contributed by atoms with Crippen LogP contribution in [0.15, 0.2) is 18.3 Å². The number of aryl methyl sites for hydroxylation is 1. The summed E-state index contributed by atoms with van der Waals surface area (Å²) in [6, 6.07) is 3.56. The molecule has 0 aliphatic heterocycles. The Morgan fingerprint density at radius 2 is 2.36 bits per heavy atom. The largest absolute Gasteiger partial charge is 0.618 e. The average molecular weight is 194 g/mol. The van der Waals surface area contributed by atoms with Crippen LogP contribution in [0.3, 0.4) is 0 Å².